The first-order valence-corrected chi connectivity index (χ1v) is 3.92. The van der Waals surface area contributed by atoms with Crippen molar-refractivity contribution in [2.45, 2.75) is 20.0 Å². The Morgan fingerprint density at radius 3 is 2.18 bits per heavy atom. The number of aliphatic hydroxyl groups excluding tert-OH is 1. The number of carbonyl (C=O) groups is 1. The molecule has 11 heavy (non-hydrogen) atoms. The number of carbonyl (C=O) groups excluding carboxylic acids is 1. The summed E-state index contributed by atoms with van der Waals surface area (Å²) in [6, 6.07) is 0. The molecule has 0 bridgehead atoms. The number of ether oxygens (including phenoxy) is 1. The third-order valence-electron chi connectivity index (χ3n) is 1.12. The standard InChI is InChI=1S/C7H11BrO3/c1-4(9)6(8)7(11-3)5(2)10/h5,10H,1-3H3/b7-6-. The zero-order valence-corrected chi connectivity index (χ0v) is 8.31. The second-order valence-corrected chi connectivity index (χ2v) is 2.91. The van der Waals surface area contributed by atoms with Crippen LogP contribution in [0.1, 0.15) is 13.8 Å². The van der Waals surface area contributed by atoms with Gasteiger partial charge in [-0.05, 0) is 29.8 Å². The molecule has 0 radical (unpaired) electrons. The largest absolute Gasteiger partial charge is 0.497 e. The Labute approximate surface area is 74.2 Å². The molecule has 0 aromatic rings. The van der Waals surface area contributed by atoms with Gasteiger partial charge in [0.15, 0.2) is 5.78 Å². The summed E-state index contributed by atoms with van der Waals surface area (Å²) in [5, 5.41) is 9.07. The van der Waals surface area contributed by atoms with Crippen LogP contribution in [0.15, 0.2) is 10.2 Å². The first-order chi connectivity index (χ1) is 5.00. The molecule has 0 fully saturated rings. The van der Waals surface area contributed by atoms with Crippen LogP contribution in [0.25, 0.3) is 0 Å². The van der Waals surface area contributed by atoms with Crippen molar-refractivity contribution in [2.75, 3.05) is 7.11 Å². The van der Waals surface area contributed by atoms with Crippen LogP contribution >= 0.6 is 15.9 Å². The second kappa shape index (κ2) is 4.51. The fourth-order valence-electron chi connectivity index (χ4n) is 0.617. The Morgan fingerprint density at radius 1 is 1.64 bits per heavy atom. The Kier molecular flexibility index (Phi) is 4.37. The van der Waals surface area contributed by atoms with Gasteiger partial charge in [-0.25, -0.2) is 0 Å². The number of methoxy groups -OCH3 is 1. The van der Waals surface area contributed by atoms with Gasteiger partial charge in [0, 0.05) is 0 Å². The van der Waals surface area contributed by atoms with Gasteiger partial charge in [-0.1, -0.05) is 0 Å². The summed E-state index contributed by atoms with van der Waals surface area (Å²) in [4.78, 5) is 10.8. The smallest absolute Gasteiger partial charge is 0.170 e. The molecule has 1 N–H and O–H groups in total. The lowest BCUT2D eigenvalue weighted by atomic mass is 10.2. The number of halogens is 1. The van der Waals surface area contributed by atoms with E-state index in [2.05, 4.69) is 15.9 Å². The van der Waals surface area contributed by atoms with E-state index in [4.69, 9.17) is 9.84 Å². The van der Waals surface area contributed by atoms with Crippen LogP contribution in [0.4, 0.5) is 0 Å². The molecular weight excluding hydrogens is 212 g/mol. The molecule has 0 saturated heterocycles. The number of hydrogen-bond donors (Lipinski definition) is 1. The third-order valence-corrected chi connectivity index (χ3v) is 2.07. The van der Waals surface area contributed by atoms with Crippen molar-refractivity contribution in [2.24, 2.45) is 0 Å². The van der Waals surface area contributed by atoms with E-state index in [1.54, 1.807) is 0 Å². The van der Waals surface area contributed by atoms with Gasteiger partial charge in [0.05, 0.1) is 7.11 Å². The molecule has 64 valence electrons. The van der Waals surface area contributed by atoms with Crippen LogP contribution in [-0.4, -0.2) is 24.1 Å². The van der Waals surface area contributed by atoms with Crippen molar-refractivity contribution < 1.29 is 14.6 Å². The van der Waals surface area contributed by atoms with E-state index < -0.39 is 6.10 Å². The van der Waals surface area contributed by atoms with Crippen molar-refractivity contribution in [3.8, 4) is 0 Å². The summed E-state index contributed by atoms with van der Waals surface area (Å²) in [5.74, 6) is 0.0975. The summed E-state index contributed by atoms with van der Waals surface area (Å²) in [7, 11) is 1.41. The zero-order valence-electron chi connectivity index (χ0n) is 6.72. The van der Waals surface area contributed by atoms with Gasteiger partial charge >= 0.3 is 0 Å². The van der Waals surface area contributed by atoms with Crippen molar-refractivity contribution >= 4 is 21.7 Å². The first-order valence-electron chi connectivity index (χ1n) is 3.13. The summed E-state index contributed by atoms with van der Waals surface area (Å²) in [6.45, 7) is 2.93. The van der Waals surface area contributed by atoms with Crippen LogP contribution in [0.3, 0.4) is 0 Å². The SMILES string of the molecule is CO/C(=C(\Br)C(C)=O)C(C)O. The number of hydrogen-bond acceptors (Lipinski definition) is 3. The molecule has 0 heterocycles. The molecule has 1 atom stereocenters. The Bertz CT molecular complexity index is 184. The number of allylic oxidation sites excluding steroid dienone is 1. The molecule has 0 aromatic carbocycles. The van der Waals surface area contributed by atoms with Gasteiger partial charge in [-0.15, -0.1) is 0 Å². The minimum Gasteiger partial charge on any atom is -0.497 e. The summed E-state index contributed by atoms with van der Waals surface area (Å²) >= 11 is 3.01. The van der Waals surface area contributed by atoms with E-state index in [9.17, 15) is 4.79 Å². The lowest BCUT2D eigenvalue weighted by Crippen LogP contribution is -2.10. The summed E-state index contributed by atoms with van der Waals surface area (Å²) < 4.78 is 5.08. The Hall–Kier alpha value is -0.350. The summed E-state index contributed by atoms with van der Waals surface area (Å²) in [6.07, 6.45) is -0.765. The van der Waals surface area contributed by atoms with Crippen molar-refractivity contribution in [1.82, 2.24) is 0 Å². The minimum atomic E-state index is -0.765. The topological polar surface area (TPSA) is 46.5 Å². The maximum absolute atomic E-state index is 10.8. The van der Waals surface area contributed by atoms with Gasteiger partial charge < -0.3 is 9.84 Å². The average molecular weight is 223 g/mol. The van der Waals surface area contributed by atoms with Crippen molar-refractivity contribution in [3.63, 3.8) is 0 Å². The van der Waals surface area contributed by atoms with Gasteiger partial charge in [-0.3, -0.25) is 4.79 Å². The van der Waals surface area contributed by atoms with Crippen LogP contribution < -0.4 is 0 Å². The highest BCUT2D eigenvalue weighted by Gasteiger charge is 2.13. The number of rotatable bonds is 3. The molecule has 0 aliphatic carbocycles. The fourth-order valence-corrected chi connectivity index (χ4v) is 1.11. The number of Topliss-reactive ketones (excluding diaryl/α,β-unsaturated/α-hetero) is 1. The van der Waals surface area contributed by atoms with Gasteiger partial charge in [-0.2, -0.15) is 0 Å². The van der Waals surface area contributed by atoms with Crippen LogP contribution in [0.2, 0.25) is 0 Å². The number of aliphatic hydroxyl groups is 1. The van der Waals surface area contributed by atoms with E-state index in [1.165, 1.54) is 21.0 Å². The molecule has 0 aliphatic rings. The van der Waals surface area contributed by atoms with E-state index in [-0.39, 0.29) is 16.0 Å². The molecule has 4 heteroatoms. The Morgan fingerprint density at radius 2 is 2.09 bits per heavy atom. The van der Waals surface area contributed by atoms with Crippen molar-refractivity contribution in [1.29, 1.82) is 0 Å². The molecular formula is C7H11BrO3. The molecule has 0 spiro atoms. The van der Waals surface area contributed by atoms with Gasteiger partial charge in [0.1, 0.15) is 16.3 Å². The van der Waals surface area contributed by atoms with E-state index in [0.29, 0.717) is 0 Å². The van der Waals surface area contributed by atoms with E-state index in [0.717, 1.165) is 0 Å². The van der Waals surface area contributed by atoms with Crippen LogP contribution in [0.5, 0.6) is 0 Å². The summed E-state index contributed by atoms with van der Waals surface area (Å²) in [5.41, 5.74) is 0. The van der Waals surface area contributed by atoms with Crippen LogP contribution in [-0.2, 0) is 9.53 Å². The Balaban J connectivity index is 4.68. The maximum Gasteiger partial charge on any atom is 0.170 e. The quantitative estimate of drug-likeness (QED) is 0.577. The first kappa shape index (κ1) is 10.7. The monoisotopic (exact) mass is 222 g/mol. The van der Waals surface area contributed by atoms with Gasteiger partial charge in [0.25, 0.3) is 0 Å². The average Bonchev–Trinajstić information content (AvgIpc) is 1.88. The molecule has 0 saturated carbocycles. The van der Waals surface area contributed by atoms with E-state index in [1.807, 2.05) is 0 Å². The molecule has 0 amide bonds. The van der Waals surface area contributed by atoms with Crippen LogP contribution in [0, 0.1) is 0 Å². The number of ketones is 1. The normalized spacial score (nSPS) is 15.4. The highest BCUT2D eigenvalue weighted by Crippen LogP contribution is 2.16. The maximum atomic E-state index is 10.8. The van der Waals surface area contributed by atoms with E-state index >= 15 is 0 Å². The third kappa shape index (κ3) is 3.03. The molecule has 0 aliphatic heterocycles. The van der Waals surface area contributed by atoms with Crippen molar-refractivity contribution in [3.05, 3.63) is 10.2 Å². The minimum absolute atomic E-state index is 0.164. The predicted octanol–water partition coefficient (Wildman–Crippen LogP) is 1.21. The highest BCUT2D eigenvalue weighted by atomic mass is 79.9. The lowest BCUT2D eigenvalue weighted by Gasteiger charge is -2.09. The zero-order chi connectivity index (χ0) is 9.02. The second-order valence-electron chi connectivity index (χ2n) is 2.11. The molecule has 0 aromatic heterocycles. The predicted molar refractivity (Wildman–Crippen MR) is 45.3 cm³/mol. The molecule has 3 nitrogen and oxygen atoms in total. The van der Waals surface area contributed by atoms with Gasteiger partial charge in [0.2, 0.25) is 0 Å². The highest BCUT2D eigenvalue weighted by molar-refractivity contribution is 9.12. The molecule has 1 unspecified atom stereocenters. The fraction of sp³-hybridized carbons (Fsp3) is 0.571. The molecule has 0 rings (SSSR count). The lowest BCUT2D eigenvalue weighted by molar-refractivity contribution is -0.113.